The molecule has 0 saturated carbocycles. The van der Waals surface area contributed by atoms with Crippen molar-refractivity contribution >= 4 is 15.9 Å². The molecule has 0 radical (unpaired) electrons. The van der Waals surface area contributed by atoms with Crippen LogP contribution in [0, 0.1) is 5.82 Å². The minimum Gasteiger partial charge on any atom is -0.387 e. The summed E-state index contributed by atoms with van der Waals surface area (Å²) in [7, 11) is 0. The highest BCUT2D eigenvalue weighted by Crippen LogP contribution is 2.17. The van der Waals surface area contributed by atoms with E-state index in [1.54, 1.807) is 18.2 Å². The van der Waals surface area contributed by atoms with Crippen LogP contribution < -0.4 is 0 Å². The Bertz CT molecular complexity index is 239. The fourth-order valence-corrected chi connectivity index (χ4v) is 1.18. The SMILES string of the molecule is O[C@H](CBr)c1ccccc1F. The third kappa shape index (κ3) is 2.01. The van der Waals surface area contributed by atoms with E-state index in [9.17, 15) is 9.50 Å². The zero-order chi connectivity index (χ0) is 8.27. The van der Waals surface area contributed by atoms with Crippen molar-refractivity contribution in [3.8, 4) is 0 Å². The monoisotopic (exact) mass is 218 g/mol. The highest BCUT2D eigenvalue weighted by atomic mass is 79.9. The molecule has 0 aliphatic heterocycles. The maximum atomic E-state index is 12.8. The predicted molar refractivity (Wildman–Crippen MR) is 45.2 cm³/mol. The van der Waals surface area contributed by atoms with Crippen LogP contribution in [-0.2, 0) is 0 Å². The summed E-state index contributed by atoms with van der Waals surface area (Å²) in [5.74, 6) is -0.362. The van der Waals surface area contributed by atoms with Crippen LogP contribution in [0.3, 0.4) is 0 Å². The van der Waals surface area contributed by atoms with Crippen molar-refractivity contribution in [1.29, 1.82) is 0 Å². The first-order valence-electron chi connectivity index (χ1n) is 3.24. The van der Waals surface area contributed by atoms with Gasteiger partial charge in [-0.15, -0.1) is 0 Å². The van der Waals surface area contributed by atoms with Gasteiger partial charge in [-0.1, -0.05) is 34.1 Å². The smallest absolute Gasteiger partial charge is 0.129 e. The van der Waals surface area contributed by atoms with E-state index in [0.29, 0.717) is 10.9 Å². The molecule has 0 spiro atoms. The van der Waals surface area contributed by atoms with Gasteiger partial charge in [-0.05, 0) is 6.07 Å². The number of aliphatic hydroxyl groups excluding tert-OH is 1. The van der Waals surface area contributed by atoms with Crippen LogP contribution in [0.25, 0.3) is 0 Å². The molecule has 0 aliphatic rings. The largest absolute Gasteiger partial charge is 0.387 e. The van der Waals surface area contributed by atoms with Crippen LogP contribution in [0.4, 0.5) is 4.39 Å². The number of hydrogen-bond acceptors (Lipinski definition) is 1. The van der Waals surface area contributed by atoms with E-state index in [2.05, 4.69) is 15.9 Å². The summed E-state index contributed by atoms with van der Waals surface area (Å²) in [5, 5.41) is 9.58. The Morgan fingerprint density at radius 2 is 2.09 bits per heavy atom. The number of hydrogen-bond donors (Lipinski definition) is 1. The highest BCUT2D eigenvalue weighted by molar-refractivity contribution is 9.09. The fraction of sp³-hybridized carbons (Fsp3) is 0.250. The average Bonchev–Trinajstić information content (AvgIpc) is 2.04. The summed E-state index contributed by atoms with van der Waals surface area (Å²) in [6.45, 7) is 0. The lowest BCUT2D eigenvalue weighted by atomic mass is 10.1. The second-order valence-corrected chi connectivity index (χ2v) is 2.84. The molecule has 1 N–H and O–H groups in total. The lowest BCUT2D eigenvalue weighted by Gasteiger charge is -2.06. The van der Waals surface area contributed by atoms with Crippen LogP contribution >= 0.6 is 15.9 Å². The first-order valence-corrected chi connectivity index (χ1v) is 4.36. The standard InChI is InChI=1S/C8H8BrFO/c9-5-8(11)6-3-1-2-4-7(6)10/h1-4,8,11H,5H2/t8-/m1/s1. The lowest BCUT2D eigenvalue weighted by Crippen LogP contribution is -2.00. The van der Waals surface area contributed by atoms with Gasteiger partial charge in [0.05, 0.1) is 6.10 Å². The quantitative estimate of drug-likeness (QED) is 0.756. The molecule has 3 heteroatoms. The number of benzene rings is 1. The summed E-state index contributed by atoms with van der Waals surface area (Å²) in [5.41, 5.74) is 0.337. The normalized spacial score (nSPS) is 13.0. The van der Waals surface area contributed by atoms with Gasteiger partial charge in [0.2, 0.25) is 0 Å². The van der Waals surface area contributed by atoms with Crippen LogP contribution in [0.2, 0.25) is 0 Å². The highest BCUT2D eigenvalue weighted by Gasteiger charge is 2.09. The van der Waals surface area contributed by atoms with E-state index < -0.39 is 6.10 Å². The minimum atomic E-state index is -0.754. The zero-order valence-corrected chi connectivity index (χ0v) is 7.38. The summed E-state index contributed by atoms with van der Waals surface area (Å²) < 4.78 is 12.8. The van der Waals surface area contributed by atoms with Crippen LogP contribution in [0.5, 0.6) is 0 Å². The van der Waals surface area contributed by atoms with Crippen LogP contribution in [-0.4, -0.2) is 10.4 Å². The van der Waals surface area contributed by atoms with Crippen molar-refractivity contribution in [2.45, 2.75) is 6.10 Å². The summed E-state index contributed by atoms with van der Waals surface area (Å²) in [6.07, 6.45) is -0.754. The van der Waals surface area contributed by atoms with Gasteiger partial charge in [-0.2, -0.15) is 0 Å². The second kappa shape index (κ2) is 3.83. The van der Waals surface area contributed by atoms with Gasteiger partial charge in [-0.3, -0.25) is 0 Å². The number of aliphatic hydroxyl groups is 1. The second-order valence-electron chi connectivity index (χ2n) is 2.19. The molecule has 0 heterocycles. The van der Waals surface area contributed by atoms with E-state index >= 15 is 0 Å². The molecular formula is C8H8BrFO. The average molecular weight is 219 g/mol. The molecular weight excluding hydrogens is 211 g/mol. The lowest BCUT2D eigenvalue weighted by molar-refractivity contribution is 0.200. The van der Waals surface area contributed by atoms with Gasteiger partial charge in [0.1, 0.15) is 5.82 Å². The molecule has 0 amide bonds. The Morgan fingerprint density at radius 1 is 1.45 bits per heavy atom. The first kappa shape index (κ1) is 8.68. The van der Waals surface area contributed by atoms with Crippen molar-refractivity contribution in [3.63, 3.8) is 0 Å². The Labute approximate surface area is 73.0 Å². The summed E-state index contributed by atoms with van der Waals surface area (Å²) in [6, 6.07) is 6.20. The van der Waals surface area contributed by atoms with E-state index in [1.807, 2.05) is 0 Å². The van der Waals surface area contributed by atoms with E-state index in [-0.39, 0.29) is 5.82 Å². The predicted octanol–water partition coefficient (Wildman–Crippen LogP) is 2.25. The fourth-order valence-electron chi connectivity index (χ4n) is 0.828. The number of alkyl halides is 1. The van der Waals surface area contributed by atoms with E-state index in [4.69, 9.17) is 0 Å². The molecule has 1 aromatic rings. The molecule has 0 bridgehead atoms. The molecule has 0 unspecified atom stereocenters. The van der Waals surface area contributed by atoms with Gasteiger partial charge in [0.15, 0.2) is 0 Å². The molecule has 0 saturated heterocycles. The molecule has 60 valence electrons. The third-order valence-electron chi connectivity index (χ3n) is 1.41. The molecule has 1 aromatic carbocycles. The maximum Gasteiger partial charge on any atom is 0.129 e. The molecule has 0 aromatic heterocycles. The molecule has 1 nitrogen and oxygen atoms in total. The third-order valence-corrected chi connectivity index (χ3v) is 2.02. The molecule has 11 heavy (non-hydrogen) atoms. The summed E-state index contributed by atoms with van der Waals surface area (Å²) >= 11 is 3.07. The Morgan fingerprint density at radius 3 is 2.64 bits per heavy atom. The zero-order valence-electron chi connectivity index (χ0n) is 5.80. The van der Waals surface area contributed by atoms with E-state index in [0.717, 1.165) is 0 Å². The molecule has 0 fully saturated rings. The van der Waals surface area contributed by atoms with Gasteiger partial charge in [0, 0.05) is 10.9 Å². The van der Waals surface area contributed by atoms with Crippen LogP contribution in [0.15, 0.2) is 24.3 Å². The van der Waals surface area contributed by atoms with Crippen molar-refractivity contribution in [3.05, 3.63) is 35.6 Å². The first-order chi connectivity index (χ1) is 5.25. The van der Waals surface area contributed by atoms with E-state index in [1.165, 1.54) is 6.07 Å². The Kier molecular flexibility index (Phi) is 3.02. The Balaban J connectivity index is 2.93. The molecule has 1 atom stereocenters. The number of rotatable bonds is 2. The van der Waals surface area contributed by atoms with Crippen molar-refractivity contribution < 1.29 is 9.50 Å². The Hall–Kier alpha value is -0.410. The van der Waals surface area contributed by atoms with Gasteiger partial charge in [-0.25, -0.2) is 4.39 Å². The summed E-state index contributed by atoms with van der Waals surface area (Å²) in [4.78, 5) is 0. The molecule has 1 rings (SSSR count). The maximum absolute atomic E-state index is 12.8. The topological polar surface area (TPSA) is 20.2 Å². The van der Waals surface area contributed by atoms with Crippen molar-refractivity contribution in [2.24, 2.45) is 0 Å². The van der Waals surface area contributed by atoms with Crippen molar-refractivity contribution in [1.82, 2.24) is 0 Å². The minimum absolute atomic E-state index is 0.337. The van der Waals surface area contributed by atoms with Crippen LogP contribution in [0.1, 0.15) is 11.7 Å². The van der Waals surface area contributed by atoms with Crippen molar-refractivity contribution in [2.75, 3.05) is 5.33 Å². The molecule has 0 aliphatic carbocycles. The van der Waals surface area contributed by atoms with Gasteiger partial charge >= 0.3 is 0 Å². The van der Waals surface area contributed by atoms with Gasteiger partial charge in [0.25, 0.3) is 0 Å². The number of halogens is 2. The van der Waals surface area contributed by atoms with Gasteiger partial charge < -0.3 is 5.11 Å².